The largest absolute Gasteiger partial charge is 0.513 e. The maximum Gasteiger partial charge on any atom is 0.513 e. The summed E-state index contributed by atoms with van der Waals surface area (Å²) in [5.74, 6) is 0.165. The van der Waals surface area contributed by atoms with Gasteiger partial charge in [0.1, 0.15) is 58.6 Å². The molecule has 0 fully saturated rings. The van der Waals surface area contributed by atoms with Crippen LogP contribution in [0, 0.1) is 10.1 Å². The Balaban J connectivity index is 0. The van der Waals surface area contributed by atoms with Gasteiger partial charge in [-0.2, -0.15) is 0 Å². The number of nitrogens with two attached hydrogens (primary N) is 1. The molecule has 5 N–H and O–H groups in total. The van der Waals surface area contributed by atoms with E-state index < -0.39 is 35.3 Å². The first-order chi connectivity index (χ1) is 58.5. The van der Waals surface area contributed by atoms with Crippen molar-refractivity contribution >= 4 is 77.2 Å². The van der Waals surface area contributed by atoms with Gasteiger partial charge in [-0.15, -0.1) is 23.2 Å². The van der Waals surface area contributed by atoms with Crippen molar-refractivity contribution in [2.24, 2.45) is 5.73 Å². The number of amides is 3. The molecule has 0 unspecified atom stereocenters. The molecule has 0 radical (unpaired) electrons. The van der Waals surface area contributed by atoms with Crippen LogP contribution in [0.4, 0.5) is 24.9 Å². The van der Waals surface area contributed by atoms with Gasteiger partial charge in [0.2, 0.25) is 0 Å². The Hall–Kier alpha value is -6.96. The molecule has 0 atom stereocenters. The zero-order valence-electron chi connectivity index (χ0n) is 71.5. The van der Waals surface area contributed by atoms with E-state index in [-0.39, 0.29) is 174 Å². The molecule has 0 heterocycles. The molecule has 40 heteroatoms. The normalized spacial score (nSPS) is 11.0. The van der Waals surface area contributed by atoms with Gasteiger partial charge in [-0.05, 0) is 115 Å². The van der Waals surface area contributed by atoms with Crippen LogP contribution < -0.4 is 26.4 Å². The van der Waals surface area contributed by atoms with E-state index in [0.29, 0.717) is 136 Å². The Morgan fingerprint density at radius 2 is 0.650 bits per heavy atom. The van der Waals surface area contributed by atoms with Crippen LogP contribution in [-0.2, 0) is 114 Å². The van der Waals surface area contributed by atoms with E-state index in [4.69, 9.17) is 128 Å². The Kier molecular flexibility index (Phi) is 89.0. The number of nitrogens with one attached hydrogen (secondary N) is 3. The van der Waals surface area contributed by atoms with Gasteiger partial charge in [-0.25, -0.2) is 19.2 Å². The summed E-state index contributed by atoms with van der Waals surface area (Å²) in [5.41, 5.74) is 5.13. The van der Waals surface area contributed by atoms with Gasteiger partial charge < -0.3 is 131 Å². The predicted octanol–water partition coefficient (Wildman–Crippen LogP) is 8.33. The third-order valence-electron chi connectivity index (χ3n) is 15.4. The highest BCUT2D eigenvalue weighted by Gasteiger charge is 2.12. The third kappa shape index (κ3) is 90.3. The highest BCUT2D eigenvalue weighted by molar-refractivity contribution is 6.18. The zero-order chi connectivity index (χ0) is 88.1. The molecule has 0 spiro atoms. The molecule has 1 aromatic carbocycles. The molecule has 0 bridgehead atoms. The molecule has 1 aromatic rings. The lowest BCUT2D eigenvalue weighted by Crippen LogP contribution is -2.33. The number of hydrogen-bond acceptors (Lipinski definition) is 34. The summed E-state index contributed by atoms with van der Waals surface area (Å²) in [5, 5.41) is 18.4. The second-order valence-electron chi connectivity index (χ2n) is 25.4. The Morgan fingerprint density at radius 1 is 0.358 bits per heavy atom. The molecule has 120 heavy (non-hydrogen) atoms. The van der Waals surface area contributed by atoms with Gasteiger partial charge in [0.25, 0.3) is 5.69 Å². The summed E-state index contributed by atoms with van der Waals surface area (Å²) in [7, 11) is 4.03. The molecule has 0 aromatic heterocycles. The number of nitro benzene ring substituents is 1. The highest BCUT2D eigenvalue weighted by atomic mass is 35.5. The molecule has 0 saturated carbocycles. The first-order valence-electron chi connectivity index (χ1n) is 41.4. The van der Waals surface area contributed by atoms with E-state index in [0.717, 1.165) is 97.3 Å². The average molecular weight is 1770 g/mol. The minimum atomic E-state index is -0.965. The summed E-state index contributed by atoms with van der Waals surface area (Å²) in [6.07, 6.45) is 15.3. The number of alkyl halides is 2. The van der Waals surface area contributed by atoms with E-state index in [9.17, 15) is 48.5 Å². The summed E-state index contributed by atoms with van der Waals surface area (Å²) >= 11 is 11.3. The Labute approximate surface area is 719 Å². The molecule has 0 aliphatic heterocycles. The molecule has 38 nitrogen and oxygen atoms in total. The lowest BCUT2D eigenvalue weighted by atomic mass is 10.2. The average Bonchev–Trinajstić information content (AvgIpc) is 0.890. The fourth-order valence-electron chi connectivity index (χ4n) is 8.66. The van der Waals surface area contributed by atoms with Crippen LogP contribution >= 0.6 is 23.2 Å². The predicted molar refractivity (Wildman–Crippen MR) is 446 cm³/mol. The third-order valence-corrected chi connectivity index (χ3v) is 15.9. The number of carbonyl (C=O) groups excluding carboxylic acids is 8. The quantitative estimate of drug-likeness (QED) is 0.00695. The standard InChI is InChI=1S/C38H59ClN2O17.C37H68ClN3O14.C5H14N2/c39-15-3-1-2-4-17-48-23-24-49-19-8-10-36(43)55-31-29-52-28-26-51-22-16-40-37(44)56-21-6-5-20-54-35(42)9-7-18-50-25-27-53-30-32-57-38(45)58-34-13-11-33(12-14-34)41(46)47;1-3-41(2)17-15-39-36(44)55-33-31-51-28-26-48-19-10-12-34(42)52-21-8-9-22-54-37(45)40-16-23-49-27-29-50-30-32-53-35(43)13-11-20-47-25-24-46-18-7-5-4-6-14-38;1-3-7(2)5-4-6/h5-6,11-14H,1-4,7-10,15-32H2,(H,40,44);8-9H,3-7,10-33H2,1-2H3,(H,39,44)(H,40,45);3-6H2,1-2H3/b6-5+;9-8+;. The van der Waals surface area contributed by atoms with Gasteiger partial charge in [0.05, 0.1) is 124 Å². The van der Waals surface area contributed by atoms with Crippen molar-refractivity contribution in [3.05, 3.63) is 58.7 Å². The van der Waals surface area contributed by atoms with E-state index in [1.807, 2.05) is 14.0 Å². The smallest absolute Gasteiger partial charge is 0.463 e. The van der Waals surface area contributed by atoms with Crippen LogP contribution in [0.2, 0.25) is 0 Å². The van der Waals surface area contributed by atoms with Gasteiger partial charge in [-0.3, -0.25) is 29.3 Å². The number of halogens is 2. The van der Waals surface area contributed by atoms with Crippen LogP contribution in [0.25, 0.3) is 0 Å². The van der Waals surface area contributed by atoms with Gasteiger partial charge in [0.15, 0.2) is 0 Å². The Bertz CT molecular complexity index is 2660. The van der Waals surface area contributed by atoms with Crippen molar-refractivity contribution in [3.63, 3.8) is 0 Å². The van der Waals surface area contributed by atoms with Crippen LogP contribution in [0.1, 0.15) is 117 Å². The molecule has 3 amide bonds. The van der Waals surface area contributed by atoms with Crippen LogP contribution in [0.3, 0.4) is 0 Å². The van der Waals surface area contributed by atoms with Crippen LogP contribution in [0.5, 0.6) is 5.75 Å². The van der Waals surface area contributed by atoms with Crippen molar-refractivity contribution in [1.29, 1.82) is 0 Å². The highest BCUT2D eigenvalue weighted by Crippen LogP contribution is 2.18. The number of unbranched alkanes of at least 4 members (excludes halogenated alkanes) is 6. The van der Waals surface area contributed by atoms with E-state index in [1.165, 1.54) is 24.3 Å². The maximum atomic E-state index is 11.8. The summed E-state index contributed by atoms with van der Waals surface area (Å²) in [6, 6.07) is 4.98. The molecule has 0 aliphatic carbocycles. The molecule has 696 valence electrons. The van der Waals surface area contributed by atoms with Gasteiger partial charge >= 0.3 is 48.3 Å². The molecular formula is C80H141Cl2N7O31. The summed E-state index contributed by atoms with van der Waals surface area (Å²) in [6.45, 7) is 19.3. The van der Waals surface area contributed by atoms with Crippen molar-refractivity contribution < 1.29 is 143 Å². The number of alkyl carbamates (subject to hydrolysis) is 3. The maximum absolute atomic E-state index is 11.8. The topological polar surface area (TPSA) is 442 Å². The summed E-state index contributed by atoms with van der Waals surface area (Å²) in [4.78, 5) is 108. The SMILES string of the molecule is CCN(C)CCN.CCN(C)CCNC(=O)OCCOCCOCCCC(=O)OC/C=C/COC(=O)NCCOCCOCCOC(=O)CCCOCCOCCCCCCCl.O=C(CCCOCCOCCOC(=O)Oc1ccc([N+](=O)[O-])cc1)OC/C=C/COC(=O)NCCOCCOCCOC(=O)CCCOCCOCCCCCCCl. The fraction of sp³-hybridized carbons (Fsp3) is 0.775. The number of benzene rings is 1. The number of likely N-dealkylation sites (N-methyl/N-ethyl adjacent to an activating group) is 2. The monoisotopic (exact) mass is 1770 g/mol. The molecule has 0 aliphatic rings. The van der Waals surface area contributed by atoms with Crippen molar-refractivity contribution in [3.8, 4) is 5.75 Å². The second kappa shape index (κ2) is 92.8. The number of nitrogens with zero attached hydrogens (tertiary/aromatic N) is 3. The van der Waals surface area contributed by atoms with Crippen molar-refractivity contribution in [2.45, 2.75) is 117 Å². The number of ether oxygens (including phenoxy) is 21. The minimum absolute atomic E-state index is 0.00317. The van der Waals surface area contributed by atoms with Crippen LogP contribution in [-0.4, -0.2) is 353 Å². The van der Waals surface area contributed by atoms with Gasteiger partial charge in [-0.1, -0.05) is 39.5 Å². The molecular weight excluding hydrogens is 1630 g/mol. The first-order valence-corrected chi connectivity index (χ1v) is 42.4. The minimum Gasteiger partial charge on any atom is -0.463 e. The van der Waals surface area contributed by atoms with Crippen molar-refractivity contribution in [2.75, 3.05) is 290 Å². The first kappa shape index (κ1) is 115. The van der Waals surface area contributed by atoms with E-state index in [1.54, 1.807) is 24.3 Å². The van der Waals surface area contributed by atoms with E-state index in [2.05, 4.69) is 39.7 Å². The second-order valence-corrected chi connectivity index (χ2v) is 26.1. The molecule has 0 saturated heterocycles. The lowest BCUT2D eigenvalue weighted by Gasteiger charge is -2.14. The number of carbonyl (C=O) groups is 8. The van der Waals surface area contributed by atoms with Crippen LogP contribution in [0.15, 0.2) is 48.6 Å². The fourth-order valence-corrected chi connectivity index (χ4v) is 9.04. The zero-order valence-corrected chi connectivity index (χ0v) is 73.0. The number of esters is 4. The number of nitro groups is 1. The van der Waals surface area contributed by atoms with E-state index >= 15 is 0 Å². The Morgan fingerprint density at radius 3 is 1.00 bits per heavy atom. The van der Waals surface area contributed by atoms with Crippen molar-refractivity contribution in [1.82, 2.24) is 25.8 Å². The van der Waals surface area contributed by atoms with Gasteiger partial charge in [0, 0.05) is 128 Å². The molecule has 1 rings (SSSR count). The number of rotatable bonds is 81. The number of non-ortho nitro benzene ring substituents is 1. The number of hydrogen-bond donors (Lipinski definition) is 4. The summed E-state index contributed by atoms with van der Waals surface area (Å²) < 4.78 is 110. The lowest BCUT2D eigenvalue weighted by molar-refractivity contribution is -0.384.